The van der Waals surface area contributed by atoms with Crippen molar-refractivity contribution in [3.05, 3.63) is 65.2 Å². The summed E-state index contributed by atoms with van der Waals surface area (Å²) in [7, 11) is 0. The number of ether oxygens (including phenoxy) is 1. The van der Waals surface area contributed by atoms with E-state index in [9.17, 15) is 4.79 Å². The van der Waals surface area contributed by atoms with Crippen molar-refractivity contribution in [2.24, 2.45) is 5.92 Å². The van der Waals surface area contributed by atoms with Crippen LogP contribution in [-0.4, -0.2) is 5.97 Å². The minimum Gasteiger partial charge on any atom is -0.423 e. The number of benzene rings is 2. The van der Waals surface area contributed by atoms with Gasteiger partial charge in [0.15, 0.2) is 0 Å². The SMILES string of the molecule is CCCCCCCc1ccc(C(=O)Oc2ccc(C3CCC(CCCC)CC3)cc2)cc1. The van der Waals surface area contributed by atoms with Gasteiger partial charge >= 0.3 is 5.97 Å². The molecule has 3 rings (SSSR count). The molecular weight excluding hydrogens is 392 g/mol. The standard InChI is InChI=1S/C30H42O2/c1-3-5-7-8-9-11-25-14-18-28(19-15-25)30(31)32-29-22-20-27(21-23-29)26-16-12-24(13-17-26)10-6-4-2/h14-15,18-24,26H,3-13,16-17H2,1-2H3. The van der Waals surface area contributed by atoms with E-state index in [4.69, 9.17) is 4.74 Å². The number of carbonyl (C=O) groups excluding carboxylic acids is 1. The van der Waals surface area contributed by atoms with Gasteiger partial charge in [0.1, 0.15) is 5.75 Å². The first-order valence-electron chi connectivity index (χ1n) is 13.1. The van der Waals surface area contributed by atoms with Crippen molar-refractivity contribution >= 4 is 5.97 Å². The zero-order chi connectivity index (χ0) is 22.6. The molecule has 2 aromatic rings. The summed E-state index contributed by atoms with van der Waals surface area (Å²) in [6.07, 6.45) is 16.9. The highest BCUT2D eigenvalue weighted by atomic mass is 16.5. The Labute approximate surface area is 195 Å². The maximum Gasteiger partial charge on any atom is 0.343 e. The Morgan fingerprint density at radius 2 is 1.44 bits per heavy atom. The quantitative estimate of drug-likeness (QED) is 0.189. The largest absolute Gasteiger partial charge is 0.423 e. The van der Waals surface area contributed by atoms with Crippen LogP contribution in [0.5, 0.6) is 5.75 Å². The smallest absolute Gasteiger partial charge is 0.343 e. The first kappa shape index (κ1) is 24.6. The molecule has 0 aromatic heterocycles. The second-order valence-corrected chi connectivity index (χ2v) is 9.68. The third-order valence-electron chi connectivity index (χ3n) is 7.13. The molecule has 0 bridgehead atoms. The van der Waals surface area contributed by atoms with E-state index in [2.05, 4.69) is 38.1 Å². The molecule has 0 amide bonds. The van der Waals surface area contributed by atoms with Gasteiger partial charge in [0.25, 0.3) is 0 Å². The fourth-order valence-corrected chi connectivity index (χ4v) is 4.99. The molecular formula is C30H42O2. The highest BCUT2D eigenvalue weighted by Gasteiger charge is 2.22. The molecule has 0 radical (unpaired) electrons. The molecule has 0 aliphatic heterocycles. The van der Waals surface area contributed by atoms with Gasteiger partial charge in [-0.25, -0.2) is 4.79 Å². The molecule has 1 fully saturated rings. The lowest BCUT2D eigenvalue weighted by Gasteiger charge is -2.28. The summed E-state index contributed by atoms with van der Waals surface area (Å²) in [5.74, 6) is 1.95. The van der Waals surface area contributed by atoms with Gasteiger partial charge in [-0.2, -0.15) is 0 Å². The topological polar surface area (TPSA) is 26.3 Å². The van der Waals surface area contributed by atoms with Crippen molar-refractivity contribution in [3.8, 4) is 5.75 Å². The van der Waals surface area contributed by atoms with Crippen molar-refractivity contribution in [1.82, 2.24) is 0 Å². The van der Waals surface area contributed by atoms with Gasteiger partial charge in [-0.05, 0) is 85.8 Å². The first-order valence-corrected chi connectivity index (χ1v) is 13.1. The zero-order valence-electron chi connectivity index (χ0n) is 20.3. The zero-order valence-corrected chi connectivity index (χ0v) is 20.3. The summed E-state index contributed by atoms with van der Waals surface area (Å²) in [5, 5.41) is 0. The molecule has 1 aliphatic rings. The third-order valence-corrected chi connectivity index (χ3v) is 7.13. The Hall–Kier alpha value is -2.09. The van der Waals surface area contributed by atoms with Crippen LogP contribution in [0.1, 0.15) is 118 Å². The van der Waals surface area contributed by atoms with E-state index in [-0.39, 0.29) is 5.97 Å². The van der Waals surface area contributed by atoms with Crippen LogP contribution in [0.15, 0.2) is 48.5 Å². The van der Waals surface area contributed by atoms with Crippen LogP contribution in [0, 0.1) is 5.92 Å². The van der Waals surface area contributed by atoms with Crippen LogP contribution in [0.4, 0.5) is 0 Å². The summed E-state index contributed by atoms with van der Waals surface area (Å²) in [4.78, 5) is 12.5. The fraction of sp³-hybridized carbons (Fsp3) is 0.567. The molecule has 0 unspecified atom stereocenters. The van der Waals surface area contributed by atoms with Crippen molar-refractivity contribution < 1.29 is 9.53 Å². The van der Waals surface area contributed by atoms with Gasteiger partial charge in [0, 0.05) is 0 Å². The van der Waals surface area contributed by atoms with Gasteiger partial charge in [-0.3, -0.25) is 0 Å². The lowest BCUT2D eigenvalue weighted by Crippen LogP contribution is -2.13. The Morgan fingerprint density at radius 1 is 0.781 bits per heavy atom. The second kappa shape index (κ2) is 13.5. The molecule has 32 heavy (non-hydrogen) atoms. The highest BCUT2D eigenvalue weighted by Crippen LogP contribution is 2.38. The van der Waals surface area contributed by atoms with Crippen molar-refractivity contribution in [2.45, 2.75) is 103 Å². The van der Waals surface area contributed by atoms with E-state index in [0.29, 0.717) is 17.2 Å². The lowest BCUT2D eigenvalue weighted by molar-refractivity contribution is 0.0734. The molecule has 2 heteroatoms. The predicted molar refractivity (Wildman–Crippen MR) is 135 cm³/mol. The van der Waals surface area contributed by atoms with Gasteiger partial charge in [-0.1, -0.05) is 83.1 Å². The van der Waals surface area contributed by atoms with Crippen molar-refractivity contribution in [1.29, 1.82) is 0 Å². The minimum absolute atomic E-state index is 0.274. The average Bonchev–Trinajstić information content (AvgIpc) is 2.84. The van der Waals surface area contributed by atoms with E-state index < -0.39 is 0 Å². The molecule has 0 atom stereocenters. The summed E-state index contributed by atoms with van der Waals surface area (Å²) < 4.78 is 5.63. The average molecular weight is 435 g/mol. The van der Waals surface area contributed by atoms with E-state index in [0.717, 1.165) is 12.3 Å². The van der Waals surface area contributed by atoms with Crippen molar-refractivity contribution in [2.75, 3.05) is 0 Å². The number of rotatable bonds is 12. The predicted octanol–water partition coefficient (Wildman–Crippen LogP) is 8.88. The van der Waals surface area contributed by atoms with Gasteiger partial charge in [0.05, 0.1) is 5.56 Å². The normalized spacial score (nSPS) is 18.4. The van der Waals surface area contributed by atoms with E-state index in [1.165, 1.54) is 88.2 Å². The minimum atomic E-state index is -0.274. The molecule has 0 spiro atoms. The fourth-order valence-electron chi connectivity index (χ4n) is 4.99. The van der Waals surface area contributed by atoms with E-state index >= 15 is 0 Å². The van der Waals surface area contributed by atoms with Crippen LogP contribution in [-0.2, 0) is 6.42 Å². The maximum absolute atomic E-state index is 12.5. The second-order valence-electron chi connectivity index (χ2n) is 9.68. The van der Waals surface area contributed by atoms with Crippen molar-refractivity contribution in [3.63, 3.8) is 0 Å². The number of hydrogen-bond donors (Lipinski definition) is 0. The molecule has 1 saturated carbocycles. The molecule has 174 valence electrons. The first-order chi connectivity index (χ1) is 15.7. The molecule has 2 aromatic carbocycles. The molecule has 0 heterocycles. The number of carbonyl (C=O) groups is 1. The summed E-state index contributed by atoms with van der Waals surface area (Å²) >= 11 is 0. The Kier molecular flexibility index (Phi) is 10.3. The summed E-state index contributed by atoms with van der Waals surface area (Å²) in [6, 6.07) is 16.2. The Bertz CT molecular complexity index is 783. The third kappa shape index (κ3) is 7.80. The monoisotopic (exact) mass is 434 g/mol. The van der Waals surface area contributed by atoms with E-state index in [1.54, 1.807) is 0 Å². The van der Waals surface area contributed by atoms with Crippen LogP contribution in [0.2, 0.25) is 0 Å². The van der Waals surface area contributed by atoms with Crippen LogP contribution in [0.25, 0.3) is 0 Å². The van der Waals surface area contributed by atoms with Crippen LogP contribution < -0.4 is 4.74 Å². The highest BCUT2D eigenvalue weighted by molar-refractivity contribution is 5.91. The van der Waals surface area contributed by atoms with Crippen LogP contribution >= 0.6 is 0 Å². The van der Waals surface area contributed by atoms with Gasteiger partial charge in [-0.15, -0.1) is 0 Å². The Morgan fingerprint density at radius 3 is 2.09 bits per heavy atom. The van der Waals surface area contributed by atoms with E-state index in [1.807, 2.05) is 24.3 Å². The van der Waals surface area contributed by atoms with Crippen LogP contribution in [0.3, 0.4) is 0 Å². The Balaban J connectivity index is 1.44. The lowest BCUT2D eigenvalue weighted by atomic mass is 9.77. The maximum atomic E-state index is 12.5. The number of esters is 1. The number of aryl methyl sites for hydroxylation is 1. The number of unbranched alkanes of at least 4 members (excludes halogenated alkanes) is 5. The molecule has 0 N–H and O–H groups in total. The van der Waals surface area contributed by atoms with Gasteiger partial charge in [0.2, 0.25) is 0 Å². The summed E-state index contributed by atoms with van der Waals surface area (Å²) in [5.41, 5.74) is 3.31. The molecule has 1 aliphatic carbocycles. The summed E-state index contributed by atoms with van der Waals surface area (Å²) in [6.45, 7) is 4.53. The molecule has 0 saturated heterocycles. The number of hydrogen-bond acceptors (Lipinski definition) is 2. The molecule has 2 nitrogen and oxygen atoms in total. The van der Waals surface area contributed by atoms with Gasteiger partial charge < -0.3 is 4.74 Å².